The summed E-state index contributed by atoms with van der Waals surface area (Å²) in [4.78, 5) is 2.29. The summed E-state index contributed by atoms with van der Waals surface area (Å²) in [5.74, 6) is 0.827. The Morgan fingerprint density at radius 3 is 2.53 bits per heavy atom. The Kier molecular flexibility index (Phi) is 4.78. The van der Waals surface area contributed by atoms with Crippen LogP contribution in [0.15, 0.2) is 24.3 Å². The van der Waals surface area contributed by atoms with Crippen LogP contribution in [-0.2, 0) is 0 Å². The smallest absolute Gasteiger partial charge is 0.119 e. The van der Waals surface area contributed by atoms with Crippen molar-refractivity contribution in [1.82, 2.24) is 4.90 Å². The van der Waals surface area contributed by atoms with Crippen LogP contribution < -0.4 is 4.74 Å². The molecule has 0 spiro atoms. The van der Waals surface area contributed by atoms with Crippen LogP contribution in [0.3, 0.4) is 0 Å². The molecule has 1 aliphatic heterocycles. The summed E-state index contributed by atoms with van der Waals surface area (Å²) in [6, 6.07) is 9.58. The van der Waals surface area contributed by atoms with Gasteiger partial charge in [-0.05, 0) is 44.0 Å². The van der Waals surface area contributed by atoms with Gasteiger partial charge in [-0.15, -0.1) is 0 Å². The fourth-order valence-electron chi connectivity index (χ4n) is 2.35. The summed E-state index contributed by atoms with van der Waals surface area (Å²) < 4.78 is 5.92. The molecule has 102 valence electrons. The molecule has 0 radical (unpaired) electrons. The molecule has 0 amide bonds. The fourth-order valence-corrected chi connectivity index (χ4v) is 2.35. The van der Waals surface area contributed by atoms with E-state index in [0.29, 0.717) is 5.56 Å². The minimum atomic E-state index is 0.209. The highest BCUT2D eigenvalue weighted by atomic mass is 16.5. The SMILES string of the molecule is C[C@@H](CO)N1CCC(Oc2ccc(C#N)cc2)CC1. The molecule has 4 heteroatoms. The number of hydrogen-bond donors (Lipinski definition) is 1. The Hall–Kier alpha value is -1.57. The zero-order valence-electron chi connectivity index (χ0n) is 11.2. The quantitative estimate of drug-likeness (QED) is 0.896. The minimum Gasteiger partial charge on any atom is -0.490 e. The number of aliphatic hydroxyl groups excluding tert-OH is 1. The standard InChI is InChI=1S/C15H20N2O2/c1-12(11-18)17-8-6-15(7-9-17)19-14-4-2-13(10-16)3-5-14/h2-5,12,15,18H,6-9,11H2,1H3/t12-/m0/s1. The summed E-state index contributed by atoms with van der Waals surface area (Å²) in [5.41, 5.74) is 0.652. The van der Waals surface area contributed by atoms with Crippen molar-refractivity contribution < 1.29 is 9.84 Å². The average Bonchev–Trinajstić information content (AvgIpc) is 2.48. The summed E-state index contributed by atoms with van der Waals surface area (Å²) in [6.45, 7) is 4.17. The first-order valence-electron chi connectivity index (χ1n) is 6.74. The molecule has 1 saturated heterocycles. The van der Waals surface area contributed by atoms with Gasteiger partial charge in [0.2, 0.25) is 0 Å². The van der Waals surface area contributed by atoms with Gasteiger partial charge in [-0.3, -0.25) is 4.90 Å². The van der Waals surface area contributed by atoms with E-state index in [9.17, 15) is 0 Å². The van der Waals surface area contributed by atoms with Crippen molar-refractivity contribution in [2.75, 3.05) is 19.7 Å². The number of hydrogen-bond acceptors (Lipinski definition) is 4. The first-order chi connectivity index (χ1) is 9.22. The van der Waals surface area contributed by atoms with Gasteiger partial charge >= 0.3 is 0 Å². The maximum absolute atomic E-state index is 9.14. The van der Waals surface area contributed by atoms with Crippen LogP contribution in [0.2, 0.25) is 0 Å². The van der Waals surface area contributed by atoms with Crippen LogP contribution >= 0.6 is 0 Å². The number of ether oxygens (including phenoxy) is 1. The predicted octanol–water partition coefficient (Wildman–Crippen LogP) is 1.78. The number of nitrogens with zero attached hydrogens (tertiary/aromatic N) is 2. The van der Waals surface area contributed by atoms with Gasteiger partial charge in [-0.25, -0.2) is 0 Å². The van der Waals surface area contributed by atoms with E-state index in [1.807, 2.05) is 19.1 Å². The highest BCUT2D eigenvalue weighted by Crippen LogP contribution is 2.20. The molecule has 1 atom stereocenters. The third-order valence-electron chi connectivity index (χ3n) is 3.65. The molecule has 0 saturated carbocycles. The van der Waals surface area contributed by atoms with Crippen molar-refractivity contribution in [3.8, 4) is 11.8 Å². The molecule has 19 heavy (non-hydrogen) atoms. The molecule has 0 aromatic heterocycles. The third-order valence-corrected chi connectivity index (χ3v) is 3.65. The topological polar surface area (TPSA) is 56.5 Å². The molecule has 0 bridgehead atoms. The lowest BCUT2D eigenvalue weighted by atomic mass is 10.1. The summed E-state index contributed by atoms with van der Waals surface area (Å²) >= 11 is 0. The molecule has 1 heterocycles. The number of piperidine rings is 1. The van der Waals surface area contributed by atoms with E-state index in [4.69, 9.17) is 15.1 Å². The van der Waals surface area contributed by atoms with Crippen LogP contribution in [0.5, 0.6) is 5.75 Å². The molecule has 1 fully saturated rings. The zero-order chi connectivity index (χ0) is 13.7. The summed E-state index contributed by atoms with van der Waals surface area (Å²) in [7, 11) is 0. The maximum atomic E-state index is 9.14. The molecule has 0 aliphatic carbocycles. The van der Waals surface area contributed by atoms with Gasteiger partial charge in [0.05, 0.1) is 18.2 Å². The van der Waals surface area contributed by atoms with Gasteiger partial charge in [0.1, 0.15) is 11.9 Å². The monoisotopic (exact) mass is 260 g/mol. The molecule has 1 aromatic rings. The lowest BCUT2D eigenvalue weighted by Gasteiger charge is -2.35. The zero-order valence-corrected chi connectivity index (χ0v) is 11.2. The fraction of sp³-hybridized carbons (Fsp3) is 0.533. The average molecular weight is 260 g/mol. The second kappa shape index (κ2) is 6.55. The van der Waals surface area contributed by atoms with Gasteiger partial charge in [-0.1, -0.05) is 0 Å². The summed E-state index contributed by atoms with van der Waals surface area (Å²) in [6.07, 6.45) is 2.18. The van der Waals surface area contributed by atoms with Crippen LogP contribution in [-0.4, -0.2) is 41.8 Å². The van der Waals surface area contributed by atoms with Crippen LogP contribution in [0.1, 0.15) is 25.3 Å². The summed E-state index contributed by atoms with van der Waals surface area (Å²) in [5, 5.41) is 17.9. The Bertz CT molecular complexity index is 430. The molecular formula is C15H20N2O2. The first kappa shape index (κ1) is 13.9. The molecule has 4 nitrogen and oxygen atoms in total. The Labute approximate surface area is 114 Å². The van der Waals surface area contributed by atoms with E-state index >= 15 is 0 Å². The van der Waals surface area contributed by atoms with Crippen molar-refractivity contribution in [2.45, 2.75) is 31.9 Å². The first-order valence-corrected chi connectivity index (χ1v) is 6.74. The number of likely N-dealkylation sites (tertiary alicyclic amines) is 1. The number of benzene rings is 1. The lowest BCUT2D eigenvalue weighted by Crippen LogP contribution is -2.44. The molecule has 1 aliphatic rings. The molecule has 2 rings (SSSR count). The minimum absolute atomic E-state index is 0.209. The molecule has 1 aromatic carbocycles. The third kappa shape index (κ3) is 3.69. The van der Waals surface area contributed by atoms with E-state index in [1.54, 1.807) is 12.1 Å². The number of aliphatic hydroxyl groups is 1. The van der Waals surface area contributed by atoms with E-state index in [0.717, 1.165) is 31.7 Å². The largest absolute Gasteiger partial charge is 0.490 e. The van der Waals surface area contributed by atoms with Crippen molar-refractivity contribution in [3.05, 3.63) is 29.8 Å². The lowest BCUT2D eigenvalue weighted by molar-refractivity contribution is 0.0595. The predicted molar refractivity (Wildman–Crippen MR) is 72.9 cm³/mol. The second-order valence-electron chi connectivity index (χ2n) is 5.02. The van der Waals surface area contributed by atoms with E-state index in [2.05, 4.69) is 11.0 Å². The maximum Gasteiger partial charge on any atom is 0.119 e. The van der Waals surface area contributed by atoms with Gasteiger partial charge in [0.25, 0.3) is 0 Å². The van der Waals surface area contributed by atoms with E-state index < -0.39 is 0 Å². The molecule has 0 unspecified atom stereocenters. The highest BCUT2D eigenvalue weighted by molar-refractivity contribution is 5.34. The van der Waals surface area contributed by atoms with Gasteiger partial charge in [-0.2, -0.15) is 5.26 Å². The van der Waals surface area contributed by atoms with Crippen LogP contribution in [0, 0.1) is 11.3 Å². The van der Waals surface area contributed by atoms with Crippen molar-refractivity contribution >= 4 is 0 Å². The van der Waals surface area contributed by atoms with Gasteiger partial charge < -0.3 is 9.84 Å². The second-order valence-corrected chi connectivity index (χ2v) is 5.02. The van der Waals surface area contributed by atoms with E-state index in [1.165, 1.54) is 0 Å². The Morgan fingerprint density at radius 2 is 2.00 bits per heavy atom. The van der Waals surface area contributed by atoms with Crippen LogP contribution in [0.25, 0.3) is 0 Å². The van der Waals surface area contributed by atoms with Gasteiger partial charge in [0, 0.05) is 19.1 Å². The van der Waals surface area contributed by atoms with Crippen molar-refractivity contribution in [2.24, 2.45) is 0 Å². The normalized spacial score (nSPS) is 18.8. The van der Waals surface area contributed by atoms with E-state index in [-0.39, 0.29) is 18.8 Å². The Morgan fingerprint density at radius 1 is 1.37 bits per heavy atom. The molecular weight excluding hydrogens is 240 g/mol. The van der Waals surface area contributed by atoms with Gasteiger partial charge in [0.15, 0.2) is 0 Å². The van der Waals surface area contributed by atoms with Crippen LogP contribution in [0.4, 0.5) is 0 Å². The van der Waals surface area contributed by atoms with Crippen molar-refractivity contribution in [1.29, 1.82) is 5.26 Å². The molecule has 1 N–H and O–H groups in total. The Balaban J connectivity index is 1.83. The number of nitriles is 1. The highest BCUT2D eigenvalue weighted by Gasteiger charge is 2.23. The van der Waals surface area contributed by atoms with Crippen molar-refractivity contribution in [3.63, 3.8) is 0 Å². The number of rotatable bonds is 4.